The first-order valence-electron chi connectivity index (χ1n) is 3.65. The third-order valence-corrected chi connectivity index (χ3v) is 2.12. The van der Waals surface area contributed by atoms with Crippen molar-refractivity contribution in [2.75, 3.05) is 13.1 Å². The molecule has 0 heterocycles. The second-order valence-electron chi connectivity index (χ2n) is 3.34. The van der Waals surface area contributed by atoms with Gasteiger partial charge in [-0.05, 0) is 6.42 Å². The van der Waals surface area contributed by atoms with Gasteiger partial charge in [-0.3, -0.25) is 4.79 Å². The SMILES string of the molecule is C=C1CC1(C)CNCC(=O)O. The van der Waals surface area contributed by atoms with Gasteiger partial charge in [0.25, 0.3) is 0 Å². The molecule has 1 fully saturated rings. The largest absolute Gasteiger partial charge is 0.480 e. The van der Waals surface area contributed by atoms with E-state index in [1.807, 2.05) is 0 Å². The van der Waals surface area contributed by atoms with Crippen molar-refractivity contribution in [1.29, 1.82) is 0 Å². The van der Waals surface area contributed by atoms with Crippen molar-refractivity contribution in [2.24, 2.45) is 5.41 Å². The van der Waals surface area contributed by atoms with Gasteiger partial charge in [-0.2, -0.15) is 0 Å². The Balaban J connectivity index is 2.14. The van der Waals surface area contributed by atoms with E-state index in [4.69, 9.17) is 5.11 Å². The number of carbonyl (C=O) groups is 1. The molecule has 62 valence electrons. The molecule has 1 saturated carbocycles. The first-order valence-corrected chi connectivity index (χ1v) is 3.65. The Morgan fingerprint density at radius 2 is 2.45 bits per heavy atom. The number of hydrogen-bond donors (Lipinski definition) is 2. The third kappa shape index (κ3) is 2.05. The van der Waals surface area contributed by atoms with Crippen molar-refractivity contribution in [1.82, 2.24) is 5.32 Å². The van der Waals surface area contributed by atoms with Crippen LogP contribution in [0.15, 0.2) is 12.2 Å². The lowest BCUT2D eigenvalue weighted by Crippen LogP contribution is -2.27. The van der Waals surface area contributed by atoms with Crippen molar-refractivity contribution in [3.05, 3.63) is 12.2 Å². The van der Waals surface area contributed by atoms with Crippen LogP contribution in [0.4, 0.5) is 0 Å². The summed E-state index contributed by atoms with van der Waals surface area (Å²) in [6.45, 7) is 6.70. The van der Waals surface area contributed by atoms with Gasteiger partial charge in [-0.1, -0.05) is 19.1 Å². The molecule has 0 aliphatic heterocycles. The molecule has 0 aromatic carbocycles. The van der Waals surface area contributed by atoms with Gasteiger partial charge in [0.05, 0.1) is 6.54 Å². The topological polar surface area (TPSA) is 49.3 Å². The highest BCUT2D eigenvalue weighted by Gasteiger charge is 2.41. The quantitative estimate of drug-likeness (QED) is 0.585. The predicted octanol–water partition coefficient (Wildman–Crippen LogP) is 0.627. The van der Waals surface area contributed by atoms with Gasteiger partial charge in [-0.15, -0.1) is 0 Å². The highest BCUT2D eigenvalue weighted by molar-refractivity contribution is 5.69. The molecule has 1 aliphatic carbocycles. The lowest BCUT2D eigenvalue weighted by atomic mass is 10.1. The van der Waals surface area contributed by atoms with Crippen LogP contribution in [-0.2, 0) is 4.79 Å². The lowest BCUT2D eigenvalue weighted by Gasteiger charge is -2.06. The van der Waals surface area contributed by atoms with E-state index >= 15 is 0 Å². The molecule has 3 heteroatoms. The van der Waals surface area contributed by atoms with Gasteiger partial charge in [0.2, 0.25) is 0 Å². The molecule has 11 heavy (non-hydrogen) atoms. The number of carboxylic acid groups (broad SMARTS) is 1. The van der Waals surface area contributed by atoms with Crippen LogP contribution in [0.1, 0.15) is 13.3 Å². The van der Waals surface area contributed by atoms with Gasteiger partial charge in [0.1, 0.15) is 0 Å². The first kappa shape index (κ1) is 8.27. The van der Waals surface area contributed by atoms with Crippen molar-refractivity contribution >= 4 is 5.97 Å². The van der Waals surface area contributed by atoms with Crippen molar-refractivity contribution in [2.45, 2.75) is 13.3 Å². The minimum Gasteiger partial charge on any atom is -0.480 e. The van der Waals surface area contributed by atoms with Crippen LogP contribution >= 0.6 is 0 Å². The van der Waals surface area contributed by atoms with Crippen molar-refractivity contribution < 1.29 is 9.90 Å². The summed E-state index contributed by atoms with van der Waals surface area (Å²) < 4.78 is 0. The van der Waals surface area contributed by atoms with E-state index in [2.05, 4.69) is 18.8 Å². The van der Waals surface area contributed by atoms with E-state index in [0.29, 0.717) is 0 Å². The maximum atomic E-state index is 10.1. The van der Waals surface area contributed by atoms with Gasteiger partial charge in [-0.25, -0.2) is 0 Å². The molecule has 0 radical (unpaired) electrons. The van der Waals surface area contributed by atoms with E-state index in [0.717, 1.165) is 13.0 Å². The zero-order chi connectivity index (χ0) is 8.48. The number of carboxylic acids is 1. The second kappa shape index (κ2) is 2.66. The third-order valence-electron chi connectivity index (χ3n) is 2.12. The molecule has 1 unspecified atom stereocenters. The minimum absolute atomic E-state index is 0.0445. The summed E-state index contributed by atoms with van der Waals surface area (Å²) in [6, 6.07) is 0. The van der Waals surface area contributed by atoms with Crippen LogP contribution < -0.4 is 5.32 Å². The molecule has 0 aromatic rings. The zero-order valence-electron chi connectivity index (χ0n) is 6.68. The summed E-state index contributed by atoms with van der Waals surface area (Å²) in [7, 11) is 0. The van der Waals surface area contributed by atoms with Crippen LogP contribution in [-0.4, -0.2) is 24.2 Å². The van der Waals surface area contributed by atoms with E-state index in [1.165, 1.54) is 5.57 Å². The lowest BCUT2D eigenvalue weighted by molar-refractivity contribution is -0.135. The Morgan fingerprint density at radius 3 is 2.82 bits per heavy atom. The summed E-state index contributed by atoms with van der Waals surface area (Å²) in [6.07, 6.45) is 1.03. The van der Waals surface area contributed by atoms with Crippen LogP contribution in [0.3, 0.4) is 0 Å². The maximum absolute atomic E-state index is 10.1. The Hall–Kier alpha value is -0.830. The fourth-order valence-electron chi connectivity index (χ4n) is 1.06. The summed E-state index contributed by atoms with van der Waals surface area (Å²) in [5.74, 6) is -0.806. The number of aliphatic carboxylic acids is 1. The van der Waals surface area contributed by atoms with Gasteiger partial charge in [0.15, 0.2) is 0 Å². The highest BCUT2D eigenvalue weighted by Crippen LogP contribution is 2.49. The number of hydrogen-bond acceptors (Lipinski definition) is 2. The fourth-order valence-corrected chi connectivity index (χ4v) is 1.06. The number of rotatable bonds is 4. The van der Waals surface area contributed by atoms with Gasteiger partial charge < -0.3 is 10.4 Å². The molecule has 1 rings (SSSR count). The molecular weight excluding hydrogens is 142 g/mol. The van der Waals surface area contributed by atoms with E-state index in [1.54, 1.807) is 0 Å². The first-order chi connectivity index (χ1) is 5.04. The fraction of sp³-hybridized carbons (Fsp3) is 0.625. The molecule has 2 N–H and O–H groups in total. The summed E-state index contributed by atoms with van der Waals surface area (Å²) >= 11 is 0. The van der Waals surface area contributed by atoms with E-state index in [-0.39, 0.29) is 12.0 Å². The summed E-state index contributed by atoms with van der Waals surface area (Å²) in [5.41, 5.74) is 1.39. The zero-order valence-corrected chi connectivity index (χ0v) is 6.68. The molecule has 0 aromatic heterocycles. The number of nitrogens with one attached hydrogen (secondary N) is 1. The molecule has 0 amide bonds. The predicted molar refractivity (Wildman–Crippen MR) is 42.4 cm³/mol. The van der Waals surface area contributed by atoms with Crippen molar-refractivity contribution in [3.63, 3.8) is 0 Å². The van der Waals surface area contributed by atoms with Crippen LogP contribution in [0.5, 0.6) is 0 Å². The molecule has 1 atom stereocenters. The van der Waals surface area contributed by atoms with Gasteiger partial charge >= 0.3 is 5.97 Å². The molecule has 0 spiro atoms. The highest BCUT2D eigenvalue weighted by atomic mass is 16.4. The summed E-state index contributed by atoms with van der Waals surface area (Å²) in [4.78, 5) is 10.1. The standard InChI is InChI=1S/C8H13NO2/c1-6-3-8(6,2)5-9-4-7(10)11/h9H,1,3-5H2,2H3,(H,10,11). The summed E-state index contributed by atoms with van der Waals surface area (Å²) in [5, 5.41) is 11.2. The van der Waals surface area contributed by atoms with Crippen molar-refractivity contribution in [3.8, 4) is 0 Å². The van der Waals surface area contributed by atoms with Gasteiger partial charge in [0, 0.05) is 12.0 Å². The Bertz CT molecular complexity index is 200. The smallest absolute Gasteiger partial charge is 0.317 e. The average Bonchev–Trinajstić information content (AvgIpc) is 2.39. The maximum Gasteiger partial charge on any atom is 0.317 e. The Morgan fingerprint density at radius 1 is 1.91 bits per heavy atom. The molecule has 0 bridgehead atoms. The molecule has 1 aliphatic rings. The minimum atomic E-state index is -0.806. The van der Waals surface area contributed by atoms with Crippen LogP contribution in [0.2, 0.25) is 0 Å². The monoisotopic (exact) mass is 155 g/mol. The molecular formula is C8H13NO2. The average molecular weight is 155 g/mol. The van der Waals surface area contributed by atoms with Crippen LogP contribution in [0.25, 0.3) is 0 Å². The molecule has 0 saturated heterocycles. The van der Waals surface area contributed by atoms with Crippen LogP contribution in [0, 0.1) is 5.41 Å². The molecule has 3 nitrogen and oxygen atoms in total. The Labute approximate surface area is 66.1 Å². The second-order valence-corrected chi connectivity index (χ2v) is 3.34. The van der Waals surface area contributed by atoms with E-state index in [9.17, 15) is 4.79 Å². The van der Waals surface area contributed by atoms with E-state index < -0.39 is 5.97 Å². The normalized spacial score (nSPS) is 28.6. The Kier molecular flexibility index (Phi) is 2.00.